The molecule has 0 aromatic heterocycles. The Hall–Kier alpha value is -1.10. The maximum absolute atomic E-state index is 11.2. The molecule has 2 atom stereocenters. The first-order valence-electron chi connectivity index (χ1n) is 4.59. The predicted octanol–water partition coefficient (Wildman–Crippen LogP) is 0.376. The molecule has 0 amide bonds. The van der Waals surface area contributed by atoms with Gasteiger partial charge in [-0.25, -0.2) is 4.79 Å². The third-order valence-corrected chi connectivity index (χ3v) is 1.90. The average Bonchev–Trinajstić information content (AvgIpc) is 2.11. The van der Waals surface area contributed by atoms with Crippen LogP contribution in [0.15, 0.2) is 0 Å². The van der Waals surface area contributed by atoms with Crippen LogP contribution in [-0.4, -0.2) is 29.2 Å². The second-order valence-corrected chi connectivity index (χ2v) is 3.44. The molecule has 3 N–H and O–H groups in total. The van der Waals surface area contributed by atoms with Crippen molar-refractivity contribution in [1.82, 2.24) is 0 Å². The highest BCUT2D eigenvalue weighted by molar-refractivity contribution is 5.80. The topological polar surface area (TPSA) is 89.6 Å². The average molecular weight is 203 g/mol. The van der Waals surface area contributed by atoms with Crippen molar-refractivity contribution >= 4 is 11.9 Å². The predicted molar refractivity (Wildman–Crippen MR) is 50.6 cm³/mol. The molecule has 0 fully saturated rings. The Labute approximate surface area is 83.2 Å². The van der Waals surface area contributed by atoms with Gasteiger partial charge >= 0.3 is 11.9 Å². The molecule has 0 spiro atoms. The first kappa shape index (κ1) is 12.9. The van der Waals surface area contributed by atoms with Crippen LogP contribution in [0.3, 0.4) is 0 Å². The van der Waals surface area contributed by atoms with Crippen LogP contribution in [0, 0.1) is 5.92 Å². The fraction of sp³-hybridized carbons (Fsp3) is 0.778. The Morgan fingerprint density at radius 3 is 2.21 bits per heavy atom. The lowest BCUT2D eigenvalue weighted by Gasteiger charge is -2.17. The second kappa shape index (κ2) is 5.59. The summed E-state index contributed by atoms with van der Waals surface area (Å²) in [5.41, 5.74) is 5.50. The molecule has 0 bridgehead atoms. The van der Waals surface area contributed by atoms with E-state index in [0.29, 0.717) is 0 Å². The normalized spacial score (nSPS) is 14.9. The first-order valence-corrected chi connectivity index (χ1v) is 4.59. The van der Waals surface area contributed by atoms with E-state index in [0.717, 1.165) is 0 Å². The number of carbonyl (C=O) groups is 2. The van der Waals surface area contributed by atoms with E-state index >= 15 is 0 Å². The van der Waals surface area contributed by atoms with Gasteiger partial charge in [0, 0.05) is 0 Å². The van der Waals surface area contributed by atoms with E-state index < -0.39 is 24.1 Å². The number of carboxylic acids is 1. The van der Waals surface area contributed by atoms with Gasteiger partial charge in [-0.15, -0.1) is 0 Å². The lowest BCUT2D eigenvalue weighted by atomic mass is 10.1. The fourth-order valence-corrected chi connectivity index (χ4v) is 0.799. The summed E-state index contributed by atoms with van der Waals surface area (Å²) < 4.78 is 4.72. The van der Waals surface area contributed by atoms with Gasteiger partial charge in [0.25, 0.3) is 0 Å². The maximum atomic E-state index is 11.2. The van der Waals surface area contributed by atoms with Crippen molar-refractivity contribution in [3.8, 4) is 0 Å². The van der Waals surface area contributed by atoms with E-state index in [-0.39, 0.29) is 12.3 Å². The zero-order valence-electron chi connectivity index (χ0n) is 8.69. The molecule has 0 radical (unpaired) electrons. The van der Waals surface area contributed by atoms with Crippen LogP contribution in [-0.2, 0) is 14.3 Å². The Kier molecular flexibility index (Phi) is 5.15. The van der Waals surface area contributed by atoms with Crippen molar-refractivity contribution in [3.63, 3.8) is 0 Å². The van der Waals surface area contributed by atoms with Crippen LogP contribution in [0.1, 0.15) is 27.2 Å². The summed E-state index contributed by atoms with van der Waals surface area (Å²) in [6, 6.07) is -0.761. The molecular formula is C9H17NO4. The van der Waals surface area contributed by atoms with Crippen LogP contribution in [0.25, 0.3) is 0 Å². The molecule has 0 unspecified atom stereocenters. The van der Waals surface area contributed by atoms with Gasteiger partial charge < -0.3 is 15.6 Å². The van der Waals surface area contributed by atoms with Crippen molar-refractivity contribution in [1.29, 1.82) is 0 Å². The van der Waals surface area contributed by atoms with Gasteiger partial charge in [0.15, 0.2) is 6.10 Å². The van der Waals surface area contributed by atoms with Crippen LogP contribution in [0.4, 0.5) is 0 Å². The Balaban J connectivity index is 4.22. The van der Waals surface area contributed by atoms with Gasteiger partial charge in [-0.3, -0.25) is 4.79 Å². The number of aliphatic carboxylic acids is 1. The molecule has 0 saturated carbocycles. The van der Waals surface area contributed by atoms with Gasteiger partial charge in [0.2, 0.25) is 0 Å². The molecule has 5 nitrogen and oxygen atoms in total. The molecule has 0 heterocycles. The second-order valence-electron chi connectivity index (χ2n) is 3.44. The lowest BCUT2D eigenvalue weighted by Crippen LogP contribution is -2.40. The number of hydrogen-bond acceptors (Lipinski definition) is 4. The van der Waals surface area contributed by atoms with E-state index in [1.807, 2.05) is 0 Å². The van der Waals surface area contributed by atoms with Crippen molar-refractivity contribution in [2.75, 3.05) is 0 Å². The van der Waals surface area contributed by atoms with E-state index in [1.54, 1.807) is 20.8 Å². The van der Waals surface area contributed by atoms with Gasteiger partial charge in [0.05, 0.1) is 0 Å². The van der Waals surface area contributed by atoms with Crippen molar-refractivity contribution < 1.29 is 19.4 Å². The minimum atomic E-state index is -1.14. The van der Waals surface area contributed by atoms with Crippen LogP contribution in [0.5, 0.6) is 0 Å². The van der Waals surface area contributed by atoms with Crippen LogP contribution in [0.2, 0.25) is 0 Å². The van der Waals surface area contributed by atoms with E-state index in [2.05, 4.69) is 0 Å². The Morgan fingerprint density at radius 1 is 1.43 bits per heavy atom. The number of carbonyl (C=O) groups excluding carboxylic acids is 1. The third-order valence-electron chi connectivity index (χ3n) is 1.90. The minimum absolute atomic E-state index is 0.0613. The summed E-state index contributed by atoms with van der Waals surface area (Å²) in [6.07, 6.45) is -0.849. The van der Waals surface area contributed by atoms with E-state index in [4.69, 9.17) is 15.6 Å². The summed E-state index contributed by atoms with van der Waals surface area (Å²) in [5, 5.41) is 8.62. The zero-order valence-corrected chi connectivity index (χ0v) is 8.69. The minimum Gasteiger partial charge on any atom is -0.479 e. The Bertz CT molecular complexity index is 215. The molecule has 0 saturated heterocycles. The number of hydrogen-bond donors (Lipinski definition) is 2. The quantitative estimate of drug-likeness (QED) is 0.630. The van der Waals surface area contributed by atoms with Gasteiger partial charge in [-0.05, 0) is 12.3 Å². The van der Waals surface area contributed by atoms with Gasteiger partial charge in [-0.1, -0.05) is 20.8 Å². The SMILES string of the molecule is CC[C@H](OC(=O)[C@@H](N)C(C)C)C(=O)O. The fourth-order valence-electron chi connectivity index (χ4n) is 0.799. The third kappa shape index (κ3) is 3.74. The largest absolute Gasteiger partial charge is 0.479 e. The summed E-state index contributed by atoms with van der Waals surface area (Å²) in [6.45, 7) is 5.17. The summed E-state index contributed by atoms with van der Waals surface area (Å²) in [5.74, 6) is -1.86. The molecule has 0 aliphatic rings. The van der Waals surface area contributed by atoms with Crippen molar-refractivity contribution in [2.24, 2.45) is 11.7 Å². The summed E-state index contributed by atoms with van der Waals surface area (Å²) in [4.78, 5) is 21.8. The Morgan fingerprint density at radius 2 is 1.93 bits per heavy atom. The number of carboxylic acid groups (broad SMARTS) is 1. The molecule has 82 valence electrons. The number of ether oxygens (including phenoxy) is 1. The molecule has 5 heteroatoms. The molecule has 0 rings (SSSR count). The summed E-state index contributed by atoms with van der Waals surface area (Å²) in [7, 11) is 0. The van der Waals surface area contributed by atoms with Crippen LogP contribution >= 0.6 is 0 Å². The monoisotopic (exact) mass is 203 g/mol. The molecular weight excluding hydrogens is 186 g/mol. The van der Waals surface area contributed by atoms with Crippen molar-refractivity contribution in [2.45, 2.75) is 39.3 Å². The first-order chi connectivity index (χ1) is 6.40. The molecule has 0 aliphatic heterocycles. The zero-order chi connectivity index (χ0) is 11.3. The molecule has 0 aromatic carbocycles. The van der Waals surface area contributed by atoms with Gasteiger partial charge in [-0.2, -0.15) is 0 Å². The summed E-state index contributed by atoms with van der Waals surface area (Å²) >= 11 is 0. The molecule has 0 aliphatic carbocycles. The number of nitrogens with two attached hydrogens (primary N) is 1. The highest BCUT2D eigenvalue weighted by Gasteiger charge is 2.25. The smallest absolute Gasteiger partial charge is 0.345 e. The van der Waals surface area contributed by atoms with E-state index in [1.165, 1.54) is 0 Å². The van der Waals surface area contributed by atoms with Gasteiger partial charge in [0.1, 0.15) is 6.04 Å². The number of esters is 1. The van der Waals surface area contributed by atoms with Crippen molar-refractivity contribution in [3.05, 3.63) is 0 Å². The highest BCUT2D eigenvalue weighted by Crippen LogP contribution is 2.05. The standard InChI is InChI=1S/C9H17NO4/c1-4-6(8(11)12)14-9(13)7(10)5(2)3/h5-7H,4,10H2,1-3H3,(H,11,12)/t6-,7-/m0/s1. The van der Waals surface area contributed by atoms with Crippen LogP contribution < -0.4 is 5.73 Å². The van der Waals surface area contributed by atoms with E-state index in [9.17, 15) is 9.59 Å². The lowest BCUT2D eigenvalue weighted by molar-refractivity contribution is -0.165. The molecule has 0 aromatic rings. The molecule has 14 heavy (non-hydrogen) atoms. The maximum Gasteiger partial charge on any atom is 0.345 e. The highest BCUT2D eigenvalue weighted by atomic mass is 16.6. The number of rotatable bonds is 5.